The predicted octanol–water partition coefficient (Wildman–Crippen LogP) is 3.05. The van der Waals surface area contributed by atoms with E-state index in [4.69, 9.17) is 10.6 Å². The minimum absolute atomic E-state index is 0.0545. The van der Waals surface area contributed by atoms with Gasteiger partial charge in [-0.25, -0.2) is 4.68 Å². The minimum Gasteiger partial charge on any atom is -0.486 e. The summed E-state index contributed by atoms with van der Waals surface area (Å²) in [7, 11) is 0. The fraction of sp³-hybridized carbons (Fsp3) is 0.176. The van der Waals surface area contributed by atoms with Gasteiger partial charge in [-0.2, -0.15) is 0 Å². The zero-order valence-corrected chi connectivity index (χ0v) is 14.8. The first-order chi connectivity index (χ1) is 12.6. The van der Waals surface area contributed by atoms with Crippen molar-refractivity contribution < 1.29 is 9.66 Å². The Balaban J connectivity index is 1.59. The van der Waals surface area contributed by atoms with Crippen LogP contribution in [0.15, 0.2) is 53.7 Å². The van der Waals surface area contributed by atoms with Crippen molar-refractivity contribution >= 4 is 17.4 Å². The third-order valence-electron chi connectivity index (χ3n) is 3.61. The van der Waals surface area contributed by atoms with Crippen LogP contribution in [-0.4, -0.2) is 32.2 Å². The second-order valence-electron chi connectivity index (χ2n) is 5.46. The largest absolute Gasteiger partial charge is 0.486 e. The molecule has 8 nitrogen and oxygen atoms in total. The number of nitrogen functional groups attached to an aromatic ring is 1. The Hall–Kier alpha value is -3.07. The maximum atomic E-state index is 11.0. The van der Waals surface area contributed by atoms with Crippen molar-refractivity contribution in [2.75, 3.05) is 18.2 Å². The van der Waals surface area contributed by atoms with Gasteiger partial charge in [-0.3, -0.25) is 10.1 Å². The normalized spacial score (nSPS) is 10.7. The van der Waals surface area contributed by atoms with Gasteiger partial charge in [-0.15, -0.1) is 10.2 Å². The number of nitro groups is 1. The molecule has 9 heteroatoms. The lowest BCUT2D eigenvalue weighted by Crippen LogP contribution is -2.12. The van der Waals surface area contributed by atoms with Gasteiger partial charge in [0.25, 0.3) is 0 Å². The first-order valence-electron chi connectivity index (χ1n) is 7.83. The summed E-state index contributed by atoms with van der Waals surface area (Å²) < 4.78 is 6.93. The molecule has 0 saturated carbocycles. The molecule has 1 heterocycles. The Morgan fingerprint density at radius 3 is 2.65 bits per heavy atom. The molecule has 0 aliphatic rings. The summed E-state index contributed by atoms with van der Waals surface area (Å²) in [5.41, 5.74) is 1.98. The first-order valence-corrected chi connectivity index (χ1v) is 8.81. The highest BCUT2D eigenvalue weighted by atomic mass is 32.2. The van der Waals surface area contributed by atoms with Crippen molar-refractivity contribution in [1.82, 2.24) is 14.9 Å². The molecule has 3 aromatic rings. The minimum atomic E-state index is -0.465. The maximum Gasteiger partial charge on any atom is 0.310 e. The molecule has 0 bridgehead atoms. The van der Waals surface area contributed by atoms with Crippen LogP contribution in [0.25, 0.3) is 11.4 Å². The molecule has 0 spiro atoms. The number of aryl methyl sites for hydroxylation is 1. The number of ether oxygens (including phenoxy) is 1. The average molecular weight is 371 g/mol. The van der Waals surface area contributed by atoms with E-state index in [2.05, 4.69) is 10.2 Å². The third kappa shape index (κ3) is 3.94. The number of hydrogen-bond donors (Lipinski definition) is 1. The fourth-order valence-corrected chi connectivity index (χ4v) is 2.96. The van der Waals surface area contributed by atoms with E-state index in [0.717, 1.165) is 11.1 Å². The van der Waals surface area contributed by atoms with E-state index < -0.39 is 4.92 Å². The van der Waals surface area contributed by atoms with Crippen LogP contribution in [-0.2, 0) is 0 Å². The van der Waals surface area contributed by atoms with Crippen molar-refractivity contribution in [2.45, 2.75) is 12.1 Å². The number of hydrogen-bond acceptors (Lipinski definition) is 7. The summed E-state index contributed by atoms with van der Waals surface area (Å²) >= 11 is 1.37. The molecule has 0 aliphatic heterocycles. The molecular weight excluding hydrogens is 354 g/mol. The van der Waals surface area contributed by atoms with E-state index in [1.807, 2.05) is 31.2 Å². The van der Waals surface area contributed by atoms with E-state index in [0.29, 0.717) is 16.7 Å². The number of nitro benzene ring substituents is 1. The van der Waals surface area contributed by atoms with Crippen LogP contribution in [0.1, 0.15) is 5.56 Å². The second kappa shape index (κ2) is 7.87. The van der Waals surface area contributed by atoms with E-state index >= 15 is 0 Å². The summed E-state index contributed by atoms with van der Waals surface area (Å²) in [6.07, 6.45) is 0. The van der Waals surface area contributed by atoms with Gasteiger partial charge in [0.15, 0.2) is 11.6 Å². The SMILES string of the molecule is Cc1ccc(-c2nnc(SCCOc3ccccc3[N+](=O)[O-])n2N)cc1. The molecule has 0 saturated heterocycles. The first kappa shape index (κ1) is 17.7. The second-order valence-corrected chi connectivity index (χ2v) is 6.53. The monoisotopic (exact) mass is 371 g/mol. The van der Waals surface area contributed by atoms with Crippen molar-refractivity contribution in [1.29, 1.82) is 0 Å². The number of nitrogens with two attached hydrogens (primary N) is 1. The molecule has 2 aromatic carbocycles. The molecule has 134 valence electrons. The maximum absolute atomic E-state index is 11.0. The molecular formula is C17H17N5O3S. The van der Waals surface area contributed by atoms with Crippen molar-refractivity contribution in [2.24, 2.45) is 0 Å². The lowest BCUT2D eigenvalue weighted by atomic mass is 10.1. The van der Waals surface area contributed by atoms with Crippen LogP contribution in [0.5, 0.6) is 5.75 Å². The van der Waals surface area contributed by atoms with E-state index in [1.165, 1.54) is 22.5 Å². The Kier molecular flexibility index (Phi) is 5.37. The summed E-state index contributed by atoms with van der Waals surface area (Å²) in [6.45, 7) is 2.29. The topological polar surface area (TPSA) is 109 Å². The Morgan fingerprint density at radius 2 is 1.92 bits per heavy atom. The molecule has 2 N–H and O–H groups in total. The molecule has 0 fully saturated rings. The van der Waals surface area contributed by atoms with Crippen LogP contribution in [0.2, 0.25) is 0 Å². The summed E-state index contributed by atoms with van der Waals surface area (Å²) in [4.78, 5) is 10.5. The van der Waals surface area contributed by atoms with Gasteiger partial charge < -0.3 is 10.6 Å². The van der Waals surface area contributed by atoms with Crippen LogP contribution in [0.4, 0.5) is 5.69 Å². The number of benzene rings is 2. The van der Waals surface area contributed by atoms with E-state index in [1.54, 1.807) is 18.2 Å². The van der Waals surface area contributed by atoms with Gasteiger partial charge in [0.05, 0.1) is 11.5 Å². The Bertz CT molecular complexity index is 911. The Labute approximate surface area is 154 Å². The number of rotatable bonds is 7. The quantitative estimate of drug-likeness (QED) is 0.223. The van der Waals surface area contributed by atoms with Gasteiger partial charge in [-0.05, 0) is 13.0 Å². The molecule has 0 atom stereocenters. The van der Waals surface area contributed by atoms with Crippen LogP contribution in [0, 0.1) is 17.0 Å². The van der Waals surface area contributed by atoms with Crippen LogP contribution >= 0.6 is 11.8 Å². The smallest absolute Gasteiger partial charge is 0.310 e. The Morgan fingerprint density at radius 1 is 1.19 bits per heavy atom. The van der Waals surface area contributed by atoms with Gasteiger partial charge in [-0.1, -0.05) is 53.7 Å². The number of thioether (sulfide) groups is 1. The predicted molar refractivity (Wildman–Crippen MR) is 99.7 cm³/mol. The molecule has 3 rings (SSSR count). The summed E-state index contributed by atoms with van der Waals surface area (Å²) in [6, 6.07) is 14.1. The van der Waals surface area contributed by atoms with Crippen molar-refractivity contribution in [3.05, 3.63) is 64.2 Å². The lowest BCUT2D eigenvalue weighted by Gasteiger charge is -2.06. The molecule has 1 aromatic heterocycles. The molecule has 0 aliphatic carbocycles. The fourth-order valence-electron chi connectivity index (χ4n) is 2.29. The van der Waals surface area contributed by atoms with E-state index in [9.17, 15) is 10.1 Å². The third-order valence-corrected chi connectivity index (χ3v) is 4.52. The lowest BCUT2D eigenvalue weighted by molar-refractivity contribution is -0.385. The highest BCUT2D eigenvalue weighted by molar-refractivity contribution is 7.99. The highest BCUT2D eigenvalue weighted by Crippen LogP contribution is 2.26. The number of aromatic nitrogens is 3. The molecule has 0 amide bonds. The summed E-state index contributed by atoms with van der Waals surface area (Å²) in [5.74, 6) is 7.41. The summed E-state index contributed by atoms with van der Waals surface area (Å²) in [5, 5.41) is 19.7. The number of nitrogens with zero attached hydrogens (tertiary/aromatic N) is 4. The standard InChI is InChI=1S/C17H17N5O3S/c1-12-6-8-13(9-7-12)16-19-20-17(21(16)18)26-11-10-25-15-5-3-2-4-14(15)22(23)24/h2-9H,10-11,18H2,1H3. The number of para-hydroxylation sites is 2. The van der Waals surface area contributed by atoms with Gasteiger partial charge >= 0.3 is 5.69 Å². The van der Waals surface area contributed by atoms with E-state index in [-0.39, 0.29) is 18.0 Å². The van der Waals surface area contributed by atoms with Crippen LogP contribution < -0.4 is 10.6 Å². The van der Waals surface area contributed by atoms with Gasteiger partial charge in [0.2, 0.25) is 5.16 Å². The average Bonchev–Trinajstić information content (AvgIpc) is 3.00. The molecule has 0 radical (unpaired) electrons. The van der Waals surface area contributed by atoms with Gasteiger partial charge in [0.1, 0.15) is 0 Å². The van der Waals surface area contributed by atoms with Crippen molar-refractivity contribution in [3.8, 4) is 17.1 Å². The van der Waals surface area contributed by atoms with Crippen LogP contribution in [0.3, 0.4) is 0 Å². The zero-order chi connectivity index (χ0) is 18.5. The van der Waals surface area contributed by atoms with Gasteiger partial charge in [0, 0.05) is 17.4 Å². The molecule has 26 heavy (non-hydrogen) atoms. The zero-order valence-electron chi connectivity index (χ0n) is 14.0. The molecule has 0 unspecified atom stereocenters. The highest BCUT2D eigenvalue weighted by Gasteiger charge is 2.15. The van der Waals surface area contributed by atoms with Crippen molar-refractivity contribution in [3.63, 3.8) is 0 Å².